The largest absolute Gasteiger partial charge is 0.376 e. The molecule has 1 aromatic carbocycles. The maximum Gasteiger partial charge on any atom is 0.322 e. The van der Waals surface area contributed by atoms with E-state index in [9.17, 15) is 14.4 Å². The fourth-order valence-corrected chi connectivity index (χ4v) is 4.47. The van der Waals surface area contributed by atoms with Crippen molar-refractivity contribution in [3.63, 3.8) is 0 Å². The molecule has 3 aliphatic heterocycles. The molecular formula is C23H30N4O4. The van der Waals surface area contributed by atoms with Gasteiger partial charge in [-0.05, 0) is 39.2 Å². The van der Waals surface area contributed by atoms with E-state index in [1.165, 1.54) is 4.90 Å². The molecule has 0 aliphatic carbocycles. The minimum Gasteiger partial charge on any atom is -0.376 e. The quantitative estimate of drug-likeness (QED) is 0.752. The summed E-state index contributed by atoms with van der Waals surface area (Å²) in [5.74, 6) is -0.462. The summed E-state index contributed by atoms with van der Waals surface area (Å²) in [5.41, 5.74) is 1.98. The first-order chi connectivity index (χ1) is 14.7. The van der Waals surface area contributed by atoms with Gasteiger partial charge in [0.2, 0.25) is 5.91 Å². The molecule has 166 valence electrons. The number of aryl methyl sites for hydroxylation is 1. The molecule has 0 saturated carbocycles. The zero-order valence-corrected chi connectivity index (χ0v) is 18.5. The van der Waals surface area contributed by atoms with Crippen LogP contribution in [-0.4, -0.2) is 66.0 Å². The Kier molecular flexibility index (Phi) is 5.51. The first-order valence-corrected chi connectivity index (χ1v) is 10.8. The number of benzene rings is 1. The molecule has 0 aromatic heterocycles. The summed E-state index contributed by atoms with van der Waals surface area (Å²) in [5, 5.41) is 5.88. The van der Waals surface area contributed by atoms with Gasteiger partial charge in [0.25, 0.3) is 5.91 Å². The molecule has 1 fully saturated rings. The number of hydrogen-bond donors (Lipinski definition) is 2. The Morgan fingerprint density at radius 1 is 1.32 bits per heavy atom. The molecule has 1 aromatic rings. The number of ether oxygens (including phenoxy) is 1. The Balaban J connectivity index is 1.58. The van der Waals surface area contributed by atoms with Crippen molar-refractivity contribution >= 4 is 17.8 Å². The topological polar surface area (TPSA) is 91.0 Å². The number of nitrogens with one attached hydrogen (secondary N) is 2. The average molecular weight is 427 g/mol. The maximum atomic E-state index is 13.6. The molecule has 0 unspecified atom stereocenters. The van der Waals surface area contributed by atoms with Gasteiger partial charge < -0.3 is 20.3 Å². The molecule has 4 rings (SSSR count). The minimum atomic E-state index is -1.08. The van der Waals surface area contributed by atoms with E-state index in [1.54, 1.807) is 25.8 Å². The van der Waals surface area contributed by atoms with Crippen molar-refractivity contribution in [2.24, 2.45) is 0 Å². The lowest BCUT2D eigenvalue weighted by atomic mass is 9.94. The van der Waals surface area contributed by atoms with E-state index in [2.05, 4.69) is 10.6 Å². The molecule has 8 heteroatoms. The monoisotopic (exact) mass is 426 g/mol. The molecule has 4 amide bonds. The van der Waals surface area contributed by atoms with Gasteiger partial charge in [0.15, 0.2) is 0 Å². The van der Waals surface area contributed by atoms with Crippen LogP contribution in [0.25, 0.3) is 0 Å². The van der Waals surface area contributed by atoms with E-state index >= 15 is 0 Å². The minimum absolute atomic E-state index is 0.0269. The third kappa shape index (κ3) is 3.80. The van der Waals surface area contributed by atoms with Gasteiger partial charge in [0, 0.05) is 20.2 Å². The SMILES string of the molecule is Cc1cccc([C@H]2NC(=O)N(C)C3=C2C(=O)N(C(C)(C)C(=O)NC[C@H]2CCCO2)C3)c1. The first kappa shape index (κ1) is 21.4. The molecule has 0 bridgehead atoms. The molecule has 3 heterocycles. The Hall–Kier alpha value is -2.87. The molecule has 0 spiro atoms. The van der Waals surface area contributed by atoms with Crippen LogP contribution in [0.3, 0.4) is 0 Å². The lowest BCUT2D eigenvalue weighted by Crippen LogP contribution is -2.57. The Bertz CT molecular complexity index is 949. The molecule has 2 N–H and O–H groups in total. The smallest absolute Gasteiger partial charge is 0.322 e. The summed E-state index contributed by atoms with van der Waals surface area (Å²) in [6.45, 7) is 6.82. The number of carbonyl (C=O) groups is 3. The van der Waals surface area contributed by atoms with Gasteiger partial charge in [-0.1, -0.05) is 29.8 Å². The van der Waals surface area contributed by atoms with Crippen LogP contribution in [-0.2, 0) is 14.3 Å². The van der Waals surface area contributed by atoms with Crippen molar-refractivity contribution in [3.8, 4) is 0 Å². The van der Waals surface area contributed by atoms with E-state index in [0.29, 0.717) is 17.8 Å². The van der Waals surface area contributed by atoms with Crippen molar-refractivity contribution in [1.82, 2.24) is 20.4 Å². The van der Waals surface area contributed by atoms with Crippen LogP contribution in [0.1, 0.15) is 43.9 Å². The third-order valence-corrected chi connectivity index (χ3v) is 6.48. The third-order valence-electron chi connectivity index (χ3n) is 6.48. The van der Waals surface area contributed by atoms with Gasteiger partial charge in [0.1, 0.15) is 5.54 Å². The number of amides is 4. The molecule has 1 saturated heterocycles. The van der Waals surface area contributed by atoms with Crippen molar-refractivity contribution < 1.29 is 19.1 Å². The maximum absolute atomic E-state index is 13.6. The van der Waals surface area contributed by atoms with Crippen molar-refractivity contribution in [3.05, 3.63) is 46.7 Å². The van der Waals surface area contributed by atoms with E-state index in [1.807, 2.05) is 31.2 Å². The van der Waals surface area contributed by atoms with Crippen LogP contribution in [0, 0.1) is 6.92 Å². The van der Waals surface area contributed by atoms with Crippen LogP contribution in [0.5, 0.6) is 0 Å². The zero-order valence-electron chi connectivity index (χ0n) is 18.5. The predicted molar refractivity (Wildman–Crippen MR) is 115 cm³/mol. The normalized spacial score (nSPS) is 23.9. The lowest BCUT2D eigenvalue weighted by Gasteiger charge is -2.35. The van der Waals surface area contributed by atoms with Gasteiger partial charge in [-0.2, -0.15) is 0 Å². The first-order valence-electron chi connectivity index (χ1n) is 10.8. The summed E-state index contributed by atoms with van der Waals surface area (Å²) >= 11 is 0. The second-order valence-corrected chi connectivity index (χ2v) is 9.01. The second kappa shape index (κ2) is 8.00. The highest BCUT2D eigenvalue weighted by atomic mass is 16.5. The molecule has 31 heavy (non-hydrogen) atoms. The standard InChI is InChI=1S/C23H30N4O4/c1-14-7-5-8-15(11-14)19-18-17(26(4)22(30)25-19)13-27(20(18)28)23(2,3)21(29)24-12-16-9-6-10-31-16/h5,7-8,11,16,19H,6,9-10,12-13H2,1-4H3,(H,24,29)(H,25,30)/t16-,19-/m1/s1. The molecule has 2 atom stereocenters. The Morgan fingerprint density at radius 3 is 2.77 bits per heavy atom. The summed E-state index contributed by atoms with van der Waals surface area (Å²) in [6, 6.07) is 6.96. The van der Waals surface area contributed by atoms with Crippen molar-refractivity contribution in [2.45, 2.75) is 51.3 Å². The molecule has 3 aliphatic rings. The van der Waals surface area contributed by atoms with E-state index < -0.39 is 11.6 Å². The number of likely N-dealkylation sites (N-methyl/N-ethyl adjacent to an activating group) is 1. The average Bonchev–Trinajstić information content (AvgIpc) is 3.37. The highest BCUT2D eigenvalue weighted by molar-refractivity contribution is 6.04. The van der Waals surface area contributed by atoms with Crippen LogP contribution < -0.4 is 10.6 Å². The Labute approximate surface area is 182 Å². The number of carbonyl (C=O) groups excluding carboxylic acids is 3. The van der Waals surface area contributed by atoms with Crippen molar-refractivity contribution in [2.75, 3.05) is 26.7 Å². The van der Waals surface area contributed by atoms with Crippen LogP contribution in [0.4, 0.5) is 4.79 Å². The van der Waals surface area contributed by atoms with Crippen LogP contribution >= 0.6 is 0 Å². The van der Waals surface area contributed by atoms with Gasteiger partial charge in [-0.3, -0.25) is 14.5 Å². The zero-order chi connectivity index (χ0) is 22.3. The summed E-state index contributed by atoms with van der Waals surface area (Å²) < 4.78 is 5.58. The van der Waals surface area contributed by atoms with Gasteiger partial charge in [-0.25, -0.2) is 4.79 Å². The van der Waals surface area contributed by atoms with Crippen molar-refractivity contribution in [1.29, 1.82) is 0 Å². The molecule has 0 radical (unpaired) electrons. The van der Waals surface area contributed by atoms with Gasteiger partial charge >= 0.3 is 6.03 Å². The number of urea groups is 1. The van der Waals surface area contributed by atoms with E-state index in [0.717, 1.165) is 30.6 Å². The number of hydrogen-bond acceptors (Lipinski definition) is 4. The predicted octanol–water partition coefficient (Wildman–Crippen LogP) is 1.86. The summed E-state index contributed by atoms with van der Waals surface area (Å²) in [7, 11) is 1.65. The Morgan fingerprint density at radius 2 is 2.10 bits per heavy atom. The fraction of sp³-hybridized carbons (Fsp3) is 0.522. The van der Waals surface area contributed by atoms with Gasteiger partial charge in [0.05, 0.1) is 30.0 Å². The highest BCUT2D eigenvalue weighted by Gasteiger charge is 2.49. The fourth-order valence-electron chi connectivity index (χ4n) is 4.47. The lowest BCUT2D eigenvalue weighted by molar-refractivity contribution is -0.142. The molecule has 8 nitrogen and oxygen atoms in total. The number of rotatable bonds is 5. The second-order valence-electron chi connectivity index (χ2n) is 9.01. The van der Waals surface area contributed by atoms with Crippen LogP contribution in [0.15, 0.2) is 35.5 Å². The van der Waals surface area contributed by atoms with Gasteiger partial charge in [-0.15, -0.1) is 0 Å². The summed E-state index contributed by atoms with van der Waals surface area (Å²) in [6.07, 6.45) is 1.95. The summed E-state index contributed by atoms with van der Waals surface area (Å²) in [4.78, 5) is 42.2. The van der Waals surface area contributed by atoms with Crippen LogP contribution in [0.2, 0.25) is 0 Å². The molecular weight excluding hydrogens is 396 g/mol. The highest BCUT2D eigenvalue weighted by Crippen LogP contribution is 2.38. The number of nitrogens with zero attached hydrogens (tertiary/aromatic N) is 2. The van der Waals surface area contributed by atoms with E-state index in [4.69, 9.17) is 4.74 Å². The van der Waals surface area contributed by atoms with E-state index in [-0.39, 0.29) is 30.5 Å².